The maximum absolute atomic E-state index is 4.62. The van der Waals surface area contributed by atoms with E-state index in [4.69, 9.17) is 0 Å². The van der Waals surface area contributed by atoms with E-state index in [0.29, 0.717) is 0 Å². The molecular formula is C13H16N2S. The number of anilines is 1. The first kappa shape index (κ1) is 11.1. The molecule has 0 amide bonds. The standard InChI is InChI=1S/C13H16N2S/c1-3-9-14-13-15-12(10(2)16-13)11-7-5-4-6-8-11/h4-8H,3,9H2,1-2H3,(H,14,15). The van der Waals surface area contributed by atoms with Crippen LogP contribution < -0.4 is 5.32 Å². The van der Waals surface area contributed by atoms with Gasteiger partial charge in [0, 0.05) is 17.0 Å². The van der Waals surface area contributed by atoms with Crippen LogP contribution in [0.4, 0.5) is 5.13 Å². The molecule has 0 saturated carbocycles. The molecule has 2 nitrogen and oxygen atoms in total. The number of nitrogens with one attached hydrogen (secondary N) is 1. The zero-order valence-electron chi connectivity index (χ0n) is 9.66. The van der Waals surface area contributed by atoms with Crippen molar-refractivity contribution < 1.29 is 0 Å². The van der Waals surface area contributed by atoms with Gasteiger partial charge in [0.15, 0.2) is 5.13 Å². The second-order valence-electron chi connectivity index (χ2n) is 3.72. The number of aryl methyl sites for hydroxylation is 1. The van der Waals surface area contributed by atoms with Crippen molar-refractivity contribution in [3.8, 4) is 11.3 Å². The molecule has 0 saturated heterocycles. The summed E-state index contributed by atoms with van der Waals surface area (Å²) < 4.78 is 0. The molecule has 1 aromatic carbocycles. The smallest absolute Gasteiger partial charge is 0.183 e. The maximum Gasteiger partial charge on any atom is 0.183 e. The highest BCUT2D eigenvalue weighted by atomic mass is 32.1. The Kier molecular flexibility index (Phi) is 3.57. The molecular weight excluding hydrogens is 216 g/mol. The Hall–Kier alpha value is -1.35. The summed E-state index contributed by atoms with van der Waals surface area (Å²) in [7, 11) is 0. The van der Waals surface area contributed by atoms with E-state index in [1.807, 2.05) is 18.2 Å². The van der Waals surface area contributed by atoms with Gasteiger partial charge in [-0.15, -0.1) is 11.3 Å². The van der Waals surface area contributed by atoms with E-state index in [-0.39, 0.29) is 0 Å². The third-order valence-electron chi connectivity index (χ3n) is 2.37. The Bertz CT molecular complexity index is 448. The molecule has 0 aliphatic rings. The molecule has 1 aromatic heterocycles. The molecule has 0 aliphatic heterocycles. The fourth-order valence-electron chi connectivity index (χ4n) is 1.57. The molecule has 2 aromatic rings. The summed E-state index contributed by atoms with van der Waals surface area (Å²) in [4.78, 5) is 5.89. The zero-order chi connectivity index (χ0) is 11.4. The van der Waals surface area contributed by atoms with E-state index in [1.165, 1.54) is 10.4 Å². The Morgan fingerprint density at radius 1 is 1.25 bits per heavy atom. The highest BCUT2D eigenvalue weighted by Gasteiger charge is 2.08. The minimum atomic E-state index is 0.987. The molecule has 0 atom stereocenters. The average molecular weight is 232 g/mol. The first-order valence-corrected chi connectivity index (χ1v) is 6.39. The predicted octanol–water partition coefficient (Wildman–Crippen LogP) is 3.94. The lowest BCUT2D eigenvalue weighted by molar-refractivity contribution is 0.976. The summed E-state index contributed by atoms with van der Waals surface area (Å²) in [6, 6.07) is 10.3. The van der Waals surface area contributed by atoms with Gasteiger partial charge in [0.25, 0.3) is 0 Å². The largest absolute Gasteiger partial charge is 0.362 e. The normalized spacial score (nSPS) is 10.4. The number of benzene rings is 1. The lowest BCUT2D eigenvalue weighted by Crippen LogP contribution is -1.98. The van der Waals surface area contributed by atoms with Crippen molar-refractivity contribution in [2.24, 2.45) is 0 Å². The third-order valence-corrected chi connectivity index (χ3v) is 3.30. The van der Waals surface area contributed by atoms with Crippen molar-refractivity contribution >= 4 is 16.5 Å². The van der Waals surface area contributed by atoms with Gasteiger partial charge < -0.3 is 5.32 Å². The number of hydrogen-bond donors (Lipinski definition) is 1. The molecule has 84 valence electrons. The molecule has 3 heteroatoms. The maximum atomic E-state index is 4.62. The number of hydrogen-bond acceptors (Lipinski definition) is 3. The highest BCUT2D eigenvalue weighted by molar-refractivity contribution is 7.16. The van der Waals surface area contributed by atoms with Crippen LogP contribution in [0.25, 0.3) is 11.3 Å². The van der Waals surface area contributed by atoms with Gasteiger partial charge in [-0.3, -0.25) is 0 Å². The van der Waals surface area contributed by atoms with E-state index < -0.39 is 0 Å². The van der Waals surface area contributed by atoms with Gasteiger partial charge in [0.05, 0.1) is 5.69 Å². The number of aromatic nitrogens is 1. The highest BCUT2D eigenvalue weighted by Crippen LogP contribution is 2.29. The van der Waals surface area contributed by atoms with Crippen molar-refractivity contribution in [2.45, 2.75) is 20.3 Å². The Morgan fingerprint density at radius 3 is 2.69 bits per heavy atom. The fraction of sp³-hybridized carbons (Fsp3) is 0.308. The molecule has 0 bridgehead atoms. The number of thiazole rings is 1. The number of nitrogens with zero attached hydrogens (tertiary/aromatic N) is 1. The lowest BCUT2D eigenvalue weighted by atomic mass is 10.1. The second-order valence-corrected chi connectivity index (χ2v) is 4.92. The summed E-state index contributed by atoms with van der Waals surface area (Å²) in [5.74, 6) is 0. The van der Waals surface area contributed by atoms with Crippen LogP contribution in [0.3, 0.4) is 0 Å². The Morgan fingerprint density at radius 2 is 2.00 bits per heavy atom. The van der Waals surface area contributed by atoms with E-state index in [2.05, 4.69) is 36.3 Å². The fourth-order valence-corrected chi connectivity index (χ4v) is 2.43. The van der Waals surface area contributed by atoms with E-state index >= 15 is 0 Å². The SMILES string of the molecule is CCCNc1nc(-c2ccccc2)c(C)s1. The van der Waals surface area contributed by atoms with E-state index in [9.17, 15) is 0 Å². The topological polar surface area (TPSA) is 24.9 Å². The molecule has 0 radical (unpaired) electrons. The van der Waals surface area contributed by atoms with Crippen LogP contribution in [0.2, 0.25) is 0 Å². The molecule has 0 aliphatic carbocycles. The molecule has 1 heterocycles. The van der Waals surface area contributed by atoms with Crippen LogP contribution in [0.1, 0.15) is 18.2 Å². The Balaban J connectivity index is 2.25. The average Bonchev–Trinajstić information content (AvgIpc) is 2.69. The van der Waals surface area contributed by atoms with Crippen LogP contribution in [-0.4, -0.2) is 11.5 Å². The van der Waals surface area contributed by atoms with Crippen molar-refractivity contribution in [3.63, 3.8) is 0 Å². The summed E-state index contributed by atoms with van der Waals surface area (Å²) in [6.45, 7) is 5.27. The zero-order valence-corrected chi connectivity index (χ0v) is 10.5. The van der Waals surface area contributed by atoms with Crippen LogP contribution >= 0.6 is 11.3 Å². The minimum Gasteiger partial charge on any atom is -0.362 e. The van der Waals surface area contributed by atoms with Crippen LogP contribution in [0, 0.1) is 6.92 Å². The van der Waals surface area contributed by atoms with Crippen LogP contribution in [0.5, 0.6) is 0 Å². The first-order chi connectivity index (χ1) is 7.81. The predicted molar refractivity (Wildman–Crippen MR) is 71.1 cm³/mol. The van der Waals surface area contributed by atoms with Gasteiger partial charge in [-0.1, -0.05) is 37.3 Å². The van der Waals surface area contributed by atoms with Gasteiger partial charge in [-0.05, 0) is 13.3 Å². The molecule has 0 fully saturated rings. The third kappa shape index (κ3) is 2.42. The molecule has 2 rings (SSSR count). The van der Waals surface area contributed by atoms with Gasteiger partial charge in [-0.25, -0.2) is 4.98 Å². The molecule has 16 heavy (non-hydrogen) atoms. The van der Waals surface area contributed by atoms with E-state index in [1.54, 1.807) is 11.3 Å². The van der Waals surface area contributed by atoms with Crippen LogP contribution in [-0.2, 0) is 0 Å². The van der Waals surface area contributed by atoms with Gasteiger partial charge >= 0.3 is 0 Å². The summed E-state index contributed by atoms with van der Waals surface area (Å²) >= 11 is 1.73. The number of rotatable bonds is 4. The molecule has 1 N–H and O–H groups in total. The summed E-state index contributed by atoms with van der Waals surface area (Å²) in [5, 5.41) is 4.36. The van der Waals surface area contributed by atoms with Gasteiger partial charge in [0.1, 0.15) is 0 Å². The van der Waals surface area contributed by atoms with E-state index in [0.717, 1.165) is 23.8 Å². The first-order valence-electron chi connectivity index (χ1n) is 5.58. The summed E-state index contributed by atoms with van der Waals surface area (Å²) in [5.41, 5.74) is 2.30. The molecule has 0 spiro atoms. The van der Waals surface area contributed by atoms with Crippen molar-refractivity contribution in [3.05, 3.63) is 35.2 Å². The summed E-state index contributed by atoms with van der Waals surface area (Å²) in [6.07, 6.45) is 1.12. The second kappa shape index (κ2) is 5.12. The van der Waals surface area contributed by atoms with Gasteiger partial charge in [-0.2, -0.15) is 0 Å². The van der Waals surface area contributed by atoms with Crippen molar-refractivity contribution in [1.82, 2.24) is 4.98 Å². The minimum absolute atomic E-state index is 0.987. The quantitative estimate of drug-likeness (QED) is 0.863. The van der Waals surface area contributed by atoms with Crippen molar-refractivity contribution in [2.75, 3.05) is 11.9 Å². The van der Waals surface area contributed by atoms with Crippen LogP contribution in [0.15, 0.2) is 30.3 Å². The van der Waals surface area contributed by atoms with Crippen molar-refractivity contribution in [1.29, 1.82) is 0 Å². The molecule has 0 unspecified atom stereocenters. The van der Waals surface area contributed by atoms with Gasteiger partial charge in [0.2, 0.25) is 0 Å². The monoisotopic (exact) mass is 232 g/mol. The lowest BCUT2D eigenvalue weighted by Gasteiger charge is -1.98. The Labute approximate surface area is 100 Å².